The van der Waals surface area contributed by atoms with Crippen molar-refractivity contribution in [1.29, 1.82) is 0 Å². The predicted molar refractivity (Wildman–Crippen MR) is 227 cm³/mol. The Kier molecular flexibility index (Phi) is 15.0. The number of aryl methyl sites for hydroxylation is 1. The molecule has 0 aliphatic heterocycles. The van der Waals surface area contributed by atoms with E-state index < -0.39 is 0 Å². The number of para-hydroxylation sites is 2. The van der Waals surface area contributed by atoms with Gasteiger partial charge in [-0.2, -0.15) is 0 Å². The number of rotatable bonds is 7. The number of hydrogen-bond donors (Lipinski definition) is 2. The van der Waals surface area contributed by atoms with Crippen molar-refractivity contribution in [3.05, 3.63) is 117 Å². The zero-order chi connectivity index (χ0) is 39.4. The van der Waals surface area contributed by atoms with Gasteiger partial charge in [-0.25, -0.2) is 0 Å². The molecular weight excluding hydrogens is 695 g/mol. The van der Waals surface area contributed by atoms with Gasteiger partial charge in [0.1, 0.15) is 11.5 Å². The summed E-state index contributed by atoms with van der Waals surface area (Å²) in [5.74, 6) is 0.588. The third-order valence-electron chi connectivity index (χ3n) is 9.51. The van der Waals surface area contributed by atoms with Crippen LogP contribution in [0.25, 0.3) is 10.6 Å². The van der Waals surface area contributed by atoms with Gasteiger partial charge >= 0.3 is 16.5 Å². The maximum Gasteiger partial charge on any atom is 2.00 e. The second-order valence-corrected chi connectivity index (χ2v) is 19.5. The molecule has 4 nitrogen and oxygen atoms in total. The average Bonchev–Trinajstić information content (AvgIpc) is 3.00. The molecule has 0 fully saturated rings. The van der Waals surface area contributed by atoms with Crippen molar-refractivity contribution >= 4 is 22.7 Å². The van der Waals surface area contributed by atoms with Gasteiger partial charge in [-0.05, 0) is 62.2 Å². The van der Waals surface area contributed by atoms with Crippen LogP contribution in [-0.2, 0) is 50.0 Å². The molecule has 53 heavy (non-hydrogen) atoms. The van der Waals surface area contributed by atoms with E-state index in [1.165, 1.54) is 22.3 Å². The Morgan fingerprint density at radius 3 is 1.23 bits per heavy atom. The molecule has 292 valence electrons. The van der Waals surface area contributed by atoms with E-state index in [9.17, 15) is 10.2 Å². The first-order valence-electron chi connectivity index (χ1n) is 19.1. The molecule has 0 heterocycles. The molecule has 2 N–H and O–H groups in total. The van der Waals surface area contributed by atoms with Crippen molar-refractivity contribution in [1.82, 2.24) is 0 Å². The van der Waals surface area contributed by atoms with Crippen LogP contribution in [0.1, 0.15) is 157 Å². The number of aromatic hydroxyl groups is 2. The molecule has 0 saturated heterocycles. The minimum atomic E-state index is -0.154. The molecule has 0 radical (unpaired) electrons. The van der Waals surface area contributed by atoms with Crippen molar-refractivity contribution in [2.75, 3.05) is 0 Å². The van der Waals surface area contributed by atoms with Gasteiger partial charge in [-0.1, -0.05) is 212 Å². The Hall–Kier alpha value is -3.43. The van der Waals surface area contributed by atoms with Gasteiger partial charge in [-0.3, -0.25) is 0 Å². The number of phenols is 2. The van der Waals surface area contributed by atoms with Crippen molar-refractivity contribution in [3.63, 3.8) is 0 Å². The quantitative estimate of drug-likeness (QED) is 0.184. The number of benzene rings is 4. The van der Waals surface area contributed by atoms with Crippen LogP contribution in [0, 0.1) is 0 Å². The summed E-state index contributed by atoms with van der Waals surface area (Å²) in [6.45, 7) is 34.7. The molecule has 0 amide bonds. The average molecular weight is 764 g/mol. The largest absolute Gasteiger partial charge is 2.00 e. The Morgan fingerprint density at radius 2 is 0.830 bits per heavy atom. The molecule has 0 aromatic heterocycles. The van der Waals surface area contributed by atoms with Crippen LogP contribution in [0.3, 0.4) is 0 Å². The second kappa shape index (κ2) is 17.4. The maximum absolute atomic E-state index is 11.0. The van der Waals surface area contributed by atoms with Crippen LogP contribution >= 0.6 is 0 Å². The zero-order valence-electron chi connectivity index (χ0n) is 35.7. The van der Waals surface area contributed by atoms with E-state index in [1.807, 2.05) is 42.5 Å². The summed E-state index contributed by atoms with van der Waals surface area (Å²) < 4.78 is 0. The molecule has 0 bridgehead atoms. The molecule has 4 rings (SSSR count). The van der Waals surface area contributed by atoms with Crippen LogP contribution in [0.5, 0.6) is 11.5 Å². The summed E-state index contributed by atoms with van der Waals surface area (Å²) in [6, 6.07) is 24.8. The Bertz CT molecular complexity index is 1810. The van der Waals surface area contributed by atoms with Gasteiger partial charge in [-0.15, -0.1) is 11.4 Å². The fourth-order valence-corrected chi connectivity index (χ4v) is 6.08. The summed E-state index contributed by atoms with van der Waals surface area (Å²) in [6.07, 6.45) is 3.32. The van der Waals surface area contributed by atoms with Gasteiger partial charge < -0.3 is 20.8 Å². The molecule has 4 aromatic rings. The van der Waals surface area contributed by atoms with E-state index in [0.717, 1.165) is 41.8 Å². The fourth-order valence-electron chi connectivity index (χ4n) is 6.08. The van der Waals surface area contributed by atoms with Crippen LogP contribution in [-0.4, -0.2) is 10.2 Å². The Labute approximate surface area is 333 Å². The smallest absolute Gasteiger partial charge is 0.655 e. The molecular formula is C48H68N2NiO2. The normalized spacial score (nSPS) is 12.4. The zero-order valence-corrected chi connectivity index (χ0v) is 36.6. The summed E-state index contributed by atoms with van der Waals surface area (Å²) in [4.78, 5) is 0. The molecule has 0 unspecified atom stereocenters. The Morgan fingerprint density at radius 1 is 0.453 bits per heavy atom. The third-order valence-corrected chi connectivity index (χ3v) is 9.51. The van der Waals surface area contributed by atoms with Crippen LogP contribution in [0.15, 0.2) is 72.8 Å². The predicted octanol–water partition coefficient (Wildman–Crippen LogP) is 15.3. The first-order chi connectivity index (χ1) is 23.7. The van der Waals surface area contributed by atoms with E-state index in [2.05, 4.69) is 141 Å². The van der Waals surface area contributed by atoms with Gasteiger partial charge in [0.2, 0.25) is 0 Å². The van der Waals surface area contributed by atoms with E-state index in [0.29, 0.717) is 17.1 Å². The van der Waals surface area contributed by atoms with E-state index in [4.69, 9.17) is 10.6 Å². The summed E-state index contributed by atoms with van der Waals surface area (Å²) in [7, 11) is 0. The van der Waals surface area contributed by atoms with Gasteiger partial charge in [0.15, 0.2) is 0 Å². The minimum absolute atomic E-state index is 0. The third kappa shape index (κ3) is 12.3. The SMILES string of the molecule is CC(C)(C)c1cc([N-]c2ccccc2C(C)(C)C)c(O)c(C(C)(C)C)c1.CCCCc1ccccc1[N-]c1cc(C(C)(C)C)cc(C(C)(C)C)c1O.[Ni+2]. The van der Waals surface area contributed by atoms with E-state index in [-0.39, 0.29) is 49.3 Å². The molecule has 0 atom stereocenters. The van der Waals surface area contributed by atoms with Crippen LogP contribution in [0.4, 0.5) is 22.7 Å². The number of hydrogen-bond acceptors (Lipinski definition) is 2. The van der Waals surface area contributed by atoms with Gasteiger partial charge in [0.25, 0.3) is 0 Å². The topological polar surface area (TPSA) is 68.7 Å². The minimum Gasteiger partial charge on any atom is -0.655 e. The summed E-state index contributed by atoms with van der Waals surface area (Å²) in [5, 5.41) is 31.7. The van der Waals surface area contributed by atoms with Crippen LogP contribution < -0.4 is 0 Å². The molecule has 5 heteroatoms. The first-order valence-corrected chi connectivity index (χ1v) is 19.1. The van der Waals surface area contributed by atoms with E-state index >= 15 is 0 Å². The number of unbranched alkanes of at least 4 members (excludes halogenated alkanes) is 1. The Balaban J connectivity index is 0.000000360. The first kappa shape index (κ1) is 45.7. The number of phenolic OH excluding ortho intramolecular Hbond substituents is 2. The molecule has 0 aliphatic carbocycles. The number of nitrogens with zero attached hydrogens (tertiary/aromatic N) is 2. The monoisotopic (exact) mass is 762 g/mol. The van der Waals surface area contributed by atoms with Crippen molar-refractivity contribution < 1.29 is 26.7 Å². The van der Waals surface area contributed by atoms with Crippen molar-refractivity contribution in [3.8, 4) is 11.5 Å². The summed E-state index contributed by atoms with van der Waals surface area (Å²) >= 11 is 0. The van der Waals surface area contributed by atoms with Gasteiger partial charge in [0, 0.05) is 0 Å². The standard InChI is InChI=1S/2C24H34NO.Ni/c1-22(2,3)16-14-18(24(7,8)9)21(26)20(15-16)25-19-13-11-10-12-17(19)23(4,5)6;1-8-9-12-17-13-10-11-14-20(17)25-21-16-18(23(2,3)4)15-19(22(21)26)24(5,6)7;/h10-15,26H,1-9H3;10-11,13-16,26H,8-9,12H2,1-7H3;/q2*-1;+2. The molecule has 0 saturated carbocycles. The van der Waals surface area contributed by atoms with Crippen molar-refractivity contribution in [2.24, 2.45) is 0 Å². The fraction of sp³-hybridized carbons (Fsp3) is 0.500. The molecule has 4 aromatic carbocycles. The second-order valence-electron chi connectivity index (χ2n) is 19.5. The summed E-state index contributed by atoms with van der Waals surface area (Å²) in [5.41, 5.74) is 9.59. The van der Waals surface area contributed by atoms with Crippen LogP contribution in [0.2, 0.25) is 0 Å². The van der Waals surface area contributed by atoms with E-state index in [1.54, 1.807) is 0 Å². The molecule has 0 spiro atoms. The van der Waals surface area contributed by atoms with Crippen molar-refractivity contribution in [2.45, 2.75) is 157 Å². The maximum atomic E-state index is 11.0. The van der Waals surface area contributed by atoms with Gasteiger partial charge in [0.05, 0.1) is 0 Å². The molecule has 0 aliphatic rings.